The van der Waals surface area contributed by atoms with E-state index in [0.717, 1.165) is 10.0 Å². The van der Waals surface area contributed by atoms with Crippen molar-refractivity contribution in [3.05, 3.63) is 43.8 Å². The summed E-state index contributed by atoms with van der Waals surface area (Å²) in [6.45, 7) is 1.87. The van der Waals surface area contributed by atoms with Gasteiger partial charge < -0.3 is 5.32 Å². The molecule has 0 atom stereocenters. The number of carbonyl (C=O) groups is 1. The van der Waals surface area contributed by atoms with Crippen LogP contribution in [0.2, 0.25) is 5.02 Å². The predicted octanol–water partition coefficient (Wildman–Crippen LogP) is 4.12. The second-order valence-corrected chi connectivity index (χ2v) is 5.48. The molecule has 17 heavy (non-hydrogen) atoms. The normalized spacial score (nSPS) is 10.3. The average molecular weight is 332 g/mol. The summed E-state index contributed by atoms with van der Waals surface area (Å²) in [5.74, 6) is -0.208. The van der Waals surface area contributed by atoms with Gasteiger partial charge in [-0.25, -0.2) is 0 Å². The Labute approximate surface area is 116 Å². The first kappa shape index (κ1) is 12.5. The standard InChI is InChI=1S/C11H8BrClN2OS/c1-6-5-17-10(9(6)13)11(16)15-8-2-3-14-4-7(8)12/h2-5H,1H3,(H,14,15,16). The van der Waals surface area contributed by atoms with Crippen molar-refractivity contribution in [2.45, 2.75) is 6.92 Å². The zero-order chi connectivity index (χ0) is 12.4. The van der Waals surface area contributed by atoms with Gasteiger partial charge in [0.2, 0.25) is 0 Å². The van der Waals surface area contributed by atoms with Gasteiger partial charge in [0.05, 0.1) is 15.2 Å². The molecule has 2 aromatic heterocycles. The summed E-state index contributed by atoms with van der Waals surface area (Å²) in [7, 11) is 0. The van der Waals surface area contributed by atoms with Gasteiger partial charge in [0, 0.05) is 12.4 Å². The minimum absolute atomic E-state index is 0.208. The van der Waals surface area contributed by atoms with Gasteiger partial charge in [-0.3, -0.25) is 9.78 Å². The molecule has 2 heterocycles. The van der Waals surface area contributed by atoms with Crippen molar-refractivity contribution in [2.75, 3.05) is 5.32 Å². The Morgan fingerprint density at radius 3 is 2.94 bits per heavy atom. The van der Waals surface area contributed by atoms with Crippen LogP contribution < -0.4 is 5.32 Å². The number of aromatic nitrogens is 1. The Morgan fingerprint density at radius 1 is 1.59 bits per heavy atom. The zero-order valence-corrected chi connectivity index (χ0v) is 12.0. The van der Waals surface area contributed by atoms with Crippen molar-refractivity contribution in [3.8, 4) is 0 Å². The Hall–Kier alpha value is -0.910. The fourth-order valence-electron chi connectivity index (χ4n) is 1.24. The fourth-order valence-corrected chi connectivity index (χ4v) is 2.76. The van der Waals surface area contributed by atoms with E-state index in [1.807, 2.05) is 12.3 Å². The Kier molecular flexibility index (Phi) is 3.81. The molecule has 0 bridgehead atoms. The van der Waals surface area contributed by atoms with Crippen molar-refractivity contribution in [2.24, 2.45) is 0 Å². The molecule has 0 spiro atoms. The first-order valence-corrected chi connectivity index (χ1v) is 6.79. The number of aryl methyl sites for hydroxylation is 1. The molecular weight excluding hydrogens is 324 g/mol. The molecule has 0 fully saturated rings. The molecule has 0 saturated carbocycles. The summed E-state index contributed by atoms with van der Waals surface area (Å²) >= 11 is 10.7. The van der Waals surface area contributed by atoms with Crippen LogP contribution in [0.25, 0.3) is 0 Å². The second kappa shape index (κ2) is 5.16. The predicted molar refractivity (Wildman–Crippen MR) is 74.0 cm³/mol. The van der Waals surface area contributed by atoms with Gasteiger partial charge in [-0.05, 0) is 39.9 Å². The van der Waals surface area contributed by atoms with Crippen LogP contribution in [0.15, 0.2) is 28.3 Å². The van der Waals surface area contributed by atoms with Gasteiger partial charge in [0.1, 0.15) is 4.88 Å². The number of hydrogen-bond acceptors (Lipinski definition) is 3. The summed E-state index contributed by atoms with van der Waals surface area (Å²) in [5, 5.41) is 5.15. The number of thiophene rings is 1. The Balaban J connectivity index is 2.23. The van der Waals surface area contributed by atoms with Crippen LogP contribution >= 0.6 is 38.9 Å². The molecule has 0 aromatic carbocycles. The summed E-state index contributed by atoms with van der Waals surface area (Å²) in [6, 6.07) is 1.72. The highest BCUT2D eigenvalue weighted by atomic mass is 79.9. The second-order valence-electron chi connectivity index (χ2n) is 3.37. The topological polar surface area (TPSA) is 42.0 Å². The molecule has 0 unspecified atom stereocenters. The lowest BCUT2D eigenvalue weighted by Gasteiger charge is -2.05. The van der Waals surface area contributed by atoms with Crippen molar-refractivity contribution in [1.29, 1.82) is 0 Å². The van der Waals surface area contributed by atoms with E-state index in [1.165, 1.54) is 11.3 Å². The van der Waals surface area contributed by atoms with E-state index in [1.54, 1.807) is 18.5 Å². The van der Waals surface area contributed by atoms with Crippen LogP contribution in [0.5, 0.6) is 0 Å². The lowest BCUT2D eigenvalue weighted by molar-refractivity contribution is 0.103. The van der Waals surface area contributed by atoms with Crippen LogP contribution in [0.4, 0.5) is 5.69 Å². The fraction of sp³-hybridized carbons (Fsp3) is 0.0909. The minimum Gasteiger partial charge on any atom is -0.320 e. The van der Waals surface area contributed by atoms with Crippen molar-refractivity contribution in [1.82, 2.24) is 4.98 Å². The summed E-state index contributed by atoms with van der Waals surface area (Å²) in [4.78, 5) is 16.4. The van der Waals surface area contributed by atoms with E-state index < -0.39 is 0 Å². The number of halogens is 2. The average Bonchev–Trinajstić information content (AvgIpc) is 2.63. The smallest absolute Gasteiger partial charge is 0.267 e. The molecule has 2 rings (SSSR count). The van der Waals surface area contributed by atoms with E-state index in [2.05, 4.69) is 26.2 Å². The largest absolute Gasteiger partial charge is 0.320 e. The molecule has 88 valence electrons. The molecule has 0 aliphatic rings. The maximum absolute atomic E-state index is 12.0. The van der Waals surface area contributed by atoms with Crippen LogP contribution in [-0.2, 0) is 0 Å². The number of rotatable bonds is 2. The highest BCUT2D eigenvalue weighted by Gasteiger charge is 2.15. The summed E-state index contributed by atoms with van der Waals surface area (Å²) in [6.07, 6.45) is 3.23. The molecule has 3 nitrogen and oxygen atoms in total. The van der Waals surface area contributed by atoms with E-state index in [4.69, 9.17) is 11.6 Å². The zero-order valence-electron chi connectivity index (χ0n) is 8.83. The Morgan fingerprint density at radius 2 is 2.35 bits per heavy atom. The van der Waals surface area contributed by atoms with E-state index in [0.29, 0.717) is 15.6 Å². The van der Waals surface area contributed by atoms with Gasteiger partial charge >= 0.3 is 0 Å². The maximum Gasteiger partial charge on any atom is 0.267 e. The summed E-state index contributed by atoms with van der Waals surface area (Å²) < 4.78 is 0.734. The van der Waals surface area contributed by atoms with Crippen LogP contribution in [0, 0.1) is 6.92 Å². The minimum atomic E-state index is -0.208. The number of hydrogen-bond donors (Lipinski definition) is 1. The number of nitrogens with one attached hydrogen (secondary N) is 1. The molecule has 0 aliphatic heterocycles. The van der Waals surface area contributed by atoms with Gasteiger partial charge in [-0.15, -0.1) is 11.3 Å². The van der Waals surface area contributed by atoms with E-state index >= 15 is 0 Å². The molecule has 1 amide bonds. The number of pyridine rings is 1. The number of carbonyl (C=O) groups excluding carboxylic acids is 1. The number of anilines is 1. The van der Waals surface area contributed by atoms with E-state index in [-0.39, 0.29) is 5.91 Å². The molecule has 0 saturated heterocycles. The number of amides is 1. The number of nitrogens with zero attached hydrogens (tertiary/aromatic N) is 1. The third kappa shape index (κ3) is 2.68. The van der Waals surface area contributed by atoms with Gasteiger partial charge in [0.25, 0.3) is 5.91 Å². The maximum atomic E-state index is 12.0. The lowest BCUT2D eigenvalue weighted by Crippen LogP contribution is -2.11. The molecule has 6 heteroatoms. The third-order valence-corrected chi connectivity index (χ3v) is 4.45. The quantitative estimate of drug-likeness (QED) is 0.899. The highest BCUT2D eigenvalue weighted by Crippen LogP contribution is 2.28. The van der Waals surface area contributed by atoms with Gasteiger partial charge in [-0.2, -0.15) is 0 Å². The molecule has 0 aliphatic carbocycles. The van der Waals surface area contributed by atoms with Crippen LogP contribution in [0.1, 0.15) is 15.2 Å². The molecule has 1 N–H and O–H groups in total. The monoisotopic (exact) mass is 330 g/mol. The van der Waals surface area contributed by atoms with Crippen molar-refractivity contribution < 1.29 is 4.79 Å². The molecular formula is C11H8BrClN2OS. The summed E-state index contributed by atoms with van der Waals surface area (Å²) in [5.41, 5.74) is 1.59. The lowest BCUT2D eigenvalue weighted by atomic mass is 10.3. The molecule has 2 aromatic rings. The highest BCUT2D eigenvalue weighted by molar-refractivity contribution is 9.10. The van der Waals surface area contributed by atoms with Crippen molar-refractivity contribution in [3.63, 3.8) is 0 Å². The van der Waals surface area contributed by atoms with Crippen molar-refractivity contribution >= 4 is 50.5 Å². The third-order valence-electron chi connectivity index (χ3n) is 2.13. The Bertz CT molecular complexity index is 570. The first-order chi connectivity index (χ1) is 8.09. The first-order valence-electron chi connectivity index (χ1n) is 4.74. The molecule has 0 radical (unpaired) electrons. The van der Waals surface area contributed by atoms with Gasteiger partial charge in [0.15, 0.2) is 0 Å². The van der Waals surface area contributed by atoms with E-state index in [9.17, 15) is 4.79 Å². The van der Waals surface area contributed by atoms with Crippen LogP contribution in [0.3, 0.4) is 0 Å². The van der Waals surface area contributed by atoms with Gasteiger partial charge in [-0.1, -0.05) is 11.6 Å². The SMILES string of the molecule is Cc1csc(C(=O)Nc2ccncc2Br)c1Cl. The van der Waals surface area contributed by atoms with Crippen LogP contribution in [-0.4, -0.2) is 10.9 Å².